The molecule has 2 heterocycles. The van der Waals surface area contributed by atoms with E-state index in [1.807, 2.05) is 12.1 Å². The van der Waals surface area contributed by atoms with E-state index in [0.29, 0.717) is 49.2 Å². The van der Waals surface area contributed by atoms with E-state index in [4.69, 9.17) is 11.2 Å². The molecule has 1 aromatic heterocycles. The van der Waals surface area contributed by atoms with Crippen LogP contribution in [0.2, 0.25) is 0 Å². The van der Waals surface area contributed by atoms with Crippen molar-refractivity contribution in [2.24, 2.45) is 10.2 Å². The van der Waals surface area contributed by atoms with Gasteiger partial charge in [0, 0.05) is 31.4 Å². The molecule has 3 rings (SSSR count). The van der Waals surface area contributed by atoms with Gasteiger partial charge in [-0.25, -0.2) is 9.48 Å². The van der Waals surface area contributed by atoms with Crippen LogP contribution >= 0.6 is 0 Å². The molecule has 2 aromatic rings. The van der Waals surface area contributed by atoms with Crippen LogP contribution in [0.1, 0.15) is 48.7 Å². The Labute approximate surface area is 169 Å². The predicted molar refractivity (Wildman–Crippen MR) is 108 cm³/mol. The summed E-state index contributed by atoms with van der Waals surface area (Å²) in [6.45, 7) is 3.88. The van der Waals surface area contributed by atoms with Crippen LogP contribution in [0.3, 0.4) is 0 Å². The number of amides is 1. The molecule has 0 spiro atoms. The van der Waals surface area contributed by atoms with Gasteiger partial charge >= 0.3 is 5.97 Å². The first-order chi connectivity index (χ1) is 14.0. The van der Waals surface area contributed by atoms with E-state index >= 15 is 0 Å². The lowest BCUT2D eigenvalue weighted by molar-refractivity contribution is -0.116. The molecule has 0 saturated heterocycles. The molecule has 0 saturated carbocycles. The van der Waals surface area contributed by atoms with Gasteiger partial charge in [-0.3, -0.25) is 4.79 Å². The summed E-state index contributed by atoms with van der Waals surface area (Å²) in [7, 11) is 0. The number of nitrogens with one attached hydrogen (secondary N) is 1. The van der Waals surface area contributed by atoms with Gasteiger partial charge < -0.3 is 10.1 Å². The Morgan fingerprint density at radius 3 is 2.59 bits per heavy atom. The highest BCUT2D eigenvalue weighted by atomic mass is 16.5. The molecule has 0 unspecified atom stereocenters. The van der Waals surface area contributed by atoms with Gasteiger partial charge in [-0.2, -0.15) is 15.3 Å². The molecular formula is C21H23N5O3. The van der Waals surface area contributed by atoms with Gasteiger partial charge in [-0.1, -0.05) is 0 Å². The number of terminal acetylenes is 1. The Bertz CT molecular complexity index is 963. The number of carbonyl (C=O) groups is 2. The fourth-order valence-corrected chi connectivity index (χ4v) is 2.97. The molecule has 0 aliphatic carbocycles. The summed E-state index contributed by atoms with van der Waals surface area (Å²) in [5.74, 6) is 2.08. The Morgan fingerprint density at radius 2 is 1.97 bits per heavy atom. The second kappa shape index (κ2) is 8.69. The third-order valence-electron chi connectivity index (χ3n) is 4.71. The first kappa shape index (κ1) is 20.3. The second-order valence-electron chi connectivity index (χ2n) is 6.76. The Balaban J connectivity index is 1.57. The first-order valence-electron chi connectivity index (χ1n) is 9.47. The molecule has 150 valence electrons. The topological polar surface area (TPSA) is 97.9 Å². The highest BCUT2D eigenvalue weighted by molar-refractivity contribution is 5.91. The van der Waals surface area contributed by atoms with Gasteiger partial charge in [0.15, 0.2) is 5.66 Å². The van der Waals surface area contributed by atoms with Gasteiger partial charge in [0.2, 0.25) is 5.91 Å². The number of rotatable bonds is 9. The fraction of sp³-hybridized carbons (Fsp3) is 0.381. The van der Waals surface area contributed by atoms with Gasteiger partial charge in [0.1, 0.15) is 5.56 Å². The molecule has 1 amide bonds. The van der Waals surface area contributed by atoms with Crippen molar-refractivity contribution < 1.29 is 14.3 Å². The van der Waals surface area contributed by atoms with E-state index in [2.05, 4.69) is 26.6 Å². The Morgan fingerprint density at radius 1 is 1.24 bits per heavy atom. The third-order valence-corrected chi connectivity index (χ3v) is 4.71. The normalized spacial score (nSPS) is 13.6. The SMILES string of the molecule is C#CCCC1(CCC(=O)Nc2ccc(-n3ncc(C(=O)OCC)c3C)cc2)N=N1. The van der Waals surface area contributed by atoms with Crippen molar-refractivity contribution >= 4 is 17.6 Å². The van der Waals surface area contributed by atoms with Crippen LogP contribution in [0.5, 0.6) is 0 Å². The van der Waals surface area contributed by atoms with Crippen LogP contribution < -0.4 is 5.32 Å². The Hall–Kier alpha value is -3.47. The van der Waals surface area contributed by atoms with Crippen LogP contribution in [-0.4, -0.2) is 33.9 Å². The number of carbonyl (C=O) groups excluding carboxylic acids is 2. The average Bonchev–Trinajstić information content (AvgIpc) is 3.39. The minimum Gasteiger partial charge on any atom is -0.462 e. The zero-order valence-electron chi connectivity index (χ0n) is 16.5. The number of ether oxygens (including phenoxy) is 1. The summed E-state index contributed by atoms with van der Waals surface area (Å²) < 4.78 is 6.69. The maximum atomic E-state index is 12.2. The molecular weight excluding hydrogens is 370 g/mol. The molecule has 0 bridgehead atoms. The van der Waals surface area contributed by atoms with Crippen LogP contribution in [0.4, 0.5) is 5.69 Å². The van der Waals surface area contributed by atoms with Crippen molar-refractivity contribution in [3.8, 4) is 18.0 Å². The molecule has 1 N–H and O–H groups in total. The van der Waals surface area contributed by atoms with Crippen molar-refractivity contribution in [1.82, 2.24) is 9.78 Å². The number of aromatic nitrogens is 2. The minimum atomic E-state index is -0.457. The number of nitrogens with zero attached hydrogens (tertiary/aromatic N) is 4. The standard InChI is InChI=1S/C21H23N5O3/c1-4-6-12-21(24-25-21)13-11-19(27)23-16-7-9-17(10-8-16)26-15(3)18(14-22-26)20(28)29-5-2/h1,7-10,14H,5-6,11-13H2,2-3H3,(H,23,27). The minimum absolute atomic E-state index is 0.102. The van der Waals surface area contributed by atoms with E-state index in [1.165, 1.54) is 6.20 Å². The smallest absolute Gasteiger partial charge is 0.341 e. The number of benzene rings is 1. The molecule has 1 aliphatic rings. The van der Waals surface area contributed by atoms with Gasteiger partial charge in [-0.05, 0) is 38.1 Å². The maximum Gasteiger partial charge on any atom is 0.341 e. The fourth-order valence-electron chi connectivity index (χ4n) is 2.97. The third kappa shape index (κ3) is 4.88. The summed E-state index contributed by atoms with van der Waals surface area (Å²) in [5.41, 5.74) is 2.12. The zero-order chi connectivity index (χ0) is 20.9. The highest BCUT2D eigenvalue weighted by Gasteiger charge is 2.39. The van der Waals surface area contributed by atoms with Crippen molar-refractivity contribution in [3.05, 3.63) is 41.7 Å². The van der Waals surface area contributed by atoms with Crippen molar-refractivity contribution in [3.63, 3.8) is 0 Å². The molecule has 8 heteroatoms. The molecule has 8 nitrogen and oxygen atoms in total. The molecule has 1 aliphatic heterocycles. The molecule has 1 aromatic carbocycles. The monoisotopic (exact) mass is 393 g/mol. The lowest BCUT2D eigenvalue weighted by Crippen LogP contribution is -2.17. The van der Waals surface area contributed by atoms with Gasteiger partial charge in [-0.15, -0.1) is 12.3 Å². The predicted octanol–water partition coefficient (Wildman–Crippen LogP) is 3.65. The van der Waals surface area contributed by atoms with Gasteiger partial charge in [0.05, 0.1) is 24.2 Å². The van der Waals surface area contributed by atoms with Crippen LogP contribution in [0, 0.1) is 19.3 Å². The summed E-state index contributed by atoms with van der Waals surface area (Å²) in [6, 6.07) is 7.23. The summed E-state index contributed by atoms with van der Waals surface area (Å²) in [4.78, 5) is 24.1. The van der Waals surface area contributed by atoms with Crippen molar-refractivity contribution in [2.75, 3.05) is 11.9 Å². The molecule has 29 heavy (non-hydrogen) atoms. The maximum absolute atomic E-state index is 12.2. The lowest BCUT2D eigenvalue weighted by Gasteiger charge is -2.10. The number of hydrogen-bond donors (Lipinski definition) is 1. The first-order valence-corrected chi connectivity index (χ1v) is 9.47. The summed E-state index contributed by atoms with van der Waals surface area (Å²) in [6.07, 6.45) is 8.92. The van der Waals surface area contributed by atoms with E-state index in [0.717, 1.165) is 5.69 Å². The molecule has 0 fully saturated rings. The van der Waals surface area contributed by atoms with E-state index in [1.54, 1.807) is 30.7 Å². The van der Waals surface area contributed by atoms with Crippen molar-refractivity contribution in [2.45, 2.75) is 45.2 Å². The quantitative estimate of drug-likeness (QED) is 0.519. The van der Waals surface area contributed by atoms with E-state index in [-0.39, 0.29) is 5.91 Å². The lowest BCUT2D eigenvalue weighted by atomic mass is 10.0. The Kier molecular flexibility index (Phi) is 6.07. The van der Waals surface area contributed by atoms with Crippen LogP contribution in [0.25, 0.3) is 5.69 Å². The number of anilines is 1. The summed E-state index contributed by atoms with van der Waals surface area (Å²) >= 11 is 0. The number of hydrogen-bond acceptors (Lipinski definition) is 6. The summed E-state index contributed by atoms with van der Waals surface area (Å²) in [5, 5.41) is 15.2. The number of esters is 1. The second-order valence-corrected chi connectivity index (χ2v) is 6.76. The molecule has 0 radical (unpaired) electrons. The van der Waals surface area contributed by atoms with Crippen LogP contribution in [-0.2, 0) is 9.53 Å². The average molecular weight is 393 g/mol. The largest absolute Gasteiger partial charge is 0.462 e. The zero-order valence-corrected chi connectivity index (χ0v) is 16.5. The van der Waals surface area contributed by atoms with E-state index < -0.39 is 11.6 Å². The molecule has 0 atom stereocenters. The van der Waals surface area contributed by atoms with Gasteiger partial charge in [0.25, 0.3) is 0 Å². The van der Waals surface area contributed by atoms with E-state index in [9.17, 15) is 9.59 Å². The highest BCUT2D eigenvalue weighted by Crippen LogP contribution is 2.37. The van der Waals surface area contributed by atoms with Crippen LogP contribution in [0.15, 0.2) is 40.7 Å². The van der Waals surface area contributed by atoms with Crippen molar-refractivity contribution in [1.29, 1.82) is 0 Å².